The number of carbonyl (C=O) groups excluding carboxylic acids is 2. The Morgan fingerprint density at radius 2 is 2.00 bits per heavy atom. The van der Waals surface area contributed by atoms with Crippen LogP contribution >= 0.6 is 15.9 Å². The number of amides is 1. The summed E-state index contributed by atoms with van der Waals surface area (Å²) in [4.78, 5) is 22.3. The second kappa shape index (κ2) is 6.94. The third-order valence-electron chi connectivity index (χ3n) is 2.23. The highest BCUT2D eigenvalue weighted by Gasteiger charge is 2.08. The van der Waals surface area contributed by atoms with Gasteiger partial charge in [0.25, 0.3) is 0 Å². The van der Waals surface area contributed by atoms with Crippen molar-refractivity contribution in [3.8, 4) is 5.75 Å². The lowest BCUT2D eigenvalue weighted by molar-refractivity contribution is -0.134. The van der Waals surface area contributed by atoms with Crippen molar-refractivity contribution in [3.63, 3.8) is 0 Å². The number of methoxy groups -OCH3 is 2. The number of hydrogen-bond donors (Lipinski definition) is 1. The summed E-state index contributed by atoms with van der Waals surface area (Å²) in [6.07, 6.45) is 2.83. The summed E-state index contributed by atoms with van der Waals surface area (Å²) in [6.45, 7) is 1.41. The number of esters is 1. The summed E-state index contributed by atoms with van der Waals surface area (Å²) in [7, 11) is 2.83. The van der Waals surface area contributed by atoms with Gasteiger partial charge in [0.05, 0.1) is 24.4 Å². The highest BCUT2D eigenvalue weighted by atomic mass is 79.9. The molecule has 0 fully saturated rings. The average Bonchev–Trinajstić information content (AvgIpc) is 2.37. The highest BCUT2D eigenvalue weighted by Crippen LogP contribution is 2.32. The van der Waals surface area contributed by atoms with E-state index in [4.69, 9.17) is 4.74 Å². The average molecular weight is 328 g/mol. The molecule has 0 heterocycles. The number of halogens is 1. The minimum atomic E-state index is -0.472. The lowest BCUT2D eigenvalue weighted by Gasteiger charge is -2.11. The third kappa shape index (κ3) is 4.40. The second-order valence-corrected chi connectivity index (χ2v) is 4.47. The summed E-state index contributed by atoms with van der Waals surface area (Å²) >= 11 is 3.34. The molecule has 0 aliphatic heterocycles. The van der Waals surface area contributed by atoms with Crippen LogP contribution < -0.4 is 10.1 Å². The van der Waals surface area contributed by atoms with Crippen molar-refractivity contribution < 1.29 is 19.1 Å². The molecule has 0 aliphatic carbocycles. The molecule has 19 heavy (non-hydrogen) atoms. The monoisotopic (exact) mass is 327 g/mol. The second-order valence-electron chi connectivity index (χ2n) is 3.61. The molecule has 0 bridgehead atoms. The van der Waals surface area contributed by atoms with Crippen LogP contribution in [0.15, 0.2) is 22.7 Å². The van der Waals surface area contributed by atoms with Crippen LogP contribution in [0.5, 0.6) is 5.75 Å². The Labute approximate surface area is 119 Å². The number of ether oxygens (including phenoxy) is 2. The summed E-state index contributed by atoms with van der Waals surface area (Å²) in [5.74, 6) is -0.100. The van der Waals surface area contributed by atoms with Crippen molar-refractivity contribution in [2.24, 2.45) is 0 Å². The minimum absolute atomic E-state index is 0.211. The van der Waals surface area contributed by atoms with Crippen LogP contribution in [0.2, 0.25) is 0 Å². The quantitative estimate of drug-likeness (QED) is 0.682. The van der Waals surface area contributed by atoms with Crippen LogP contribution in [0, 0.1) is 0 Å². The van der Waals surface area contributed by atoms with E-state index in [1.807, 2.05) is 0 Å². The fourth-order valence-corrected chi connectivity index (χ4v) is 1.91. The van der Waals surface area contributed by atoms with Crippen molar-refractivity contribution in [2.75, 3.05) is 19.5 Å². The van der Waals surface area contributed by atoms with E-state index in [-0.39, 0.29) is 5.91 Å². The maximum Gasteiger partial charge on any atom is 0.330 e. The fraction of sp³-hybridized carbons (Fsp3) is 0.231. The Morgan fingerprint density at radius 3 is 2.53 bits per heavy atom. The number of nitrogens with one attached hydrogen (secondary N) is 1. The molecule has 5 nitrogen and oxygen atoms in total. The molecule has 0 aliphatic rings. The summed E-state index contributed by atoms with van der Waals surface area (Å²) < 4.78 is 10.4. The van der Waals surface area contributed by atoms with E-state index in [1.165, 1.54) is 27.2 Å². The number of anilines is 1. The molecule has 0 radical (unpaired) electrons. The number of carbonyl (C=O) groups is 2. The first-order valence-corrected chi connectivity index (χ1v) is 6.18. The first-order valence-electron chi connectivity index (χ1n) is 5.39. The summed E-state index contributed by atoms with van der Waals surface area (Å²) in [6, 6.07) is 3.41. The standard InChI is InChI=1S/C13H14BrNO4/c1-8(16)15-11-7-12(18-2)10(14)6-9(11)4-5-13(17)19-3/h4-7H,1-3H3,(H,15,16)/b5-4+. The van der Waals surface area contributed by atoms with E-state index in [1.54, 1.807) is 18.2 Å². The van der Waals surface area contributed by atoms with Gasteiger partial charge in [0.15, 0.2) is 0 Å². The van der Waals surface area contributed by atoms with Gasteiger partial charge in [-0.2, -0.15) is 0 Å². The molecule has 0 atom stereocenters. The van der Waals surface area contributed by atoms with Crippen LogP contribution in [-0.2, 0) is 14.3 Å². The molecular formula is C13H14BrNO4. The van der Waals surface area contributed by atoms with Gasteiger partial charge < -0.3 is 14.8 Å². The Balaban J connectivity index is 3.19. The predicted molar refractivity (Wildman–Crippen MR) is 76.0 cm³/mol. The van der Waals surface area contributed by atoms with E-state index in [0.717, 1.165) is 0 Å². The third-order valence-corrected chi connectivity index (χ3v) is 2.85. The van der Waals surface area contributed by atoms with Crippen LogP contribution in [0.25, 0.3) is 6.08 Å². The molecule has 0 aromatic heterocycles. The van der Waals surface area contributed by atoms with Gasteiger partial charge in [0.1, 0.15) is 5.75 Å². The molecule has 0 spiro atoms. The summed E-state index contributed by atoms with van der Waals surface area (Å²) in [5, 5.41) is 2.67. The maximum absolute atomic E-state index is 11.2. The maximum atomic E-state index is 11.2. The van der Waals surface area contributed by atoms with Crippen molar-refractivity contribution in [3.05, 3.63) is 28.2 Å². The Bertz CT molecular complexity index is 526. The van der Waals surface area contributed by atoms with Crippen LogP contribution in [0.1, 0.15) is 12.5 Å². The molecule has 1 aromatic rings. The molecule has 0 saturated heterocycles. The molecule has 0 saturated carbocycles. The zero-order valence-corrected chi connectivity index (χ0v) is 12.4. The first kappa shape index (κ1) is 15.2. The Hall–Kier alpha value is -1.82. The van der Waals surface area contributed by atoms with Gasteiger partial charge >= 0.3 is 5.97 Å². The fourth-order valence-electron chi connectivity index (χ4n) is 1.39. The van der Waals surface area contributed by atoms with Crippen molar-refractivity contribution in [1.82, 2.24) is 0 Å². The van der Waals surface area contributed by atoms with Gasteiger partial charge in [-0.15, -0.1) is 0 Å². The highest BCUT2D eigenvalue weighted by molar-refractivity contribution is 9.10. The molecule has 1 aromatic carbocycles. The van der Waals surface area contributed by atoms with Crippen LogP contribution in [0.4, 0.5) is 5.69 Å². The smallest absolute Gasteiger partial charge is 0.330 e. The van der Waals surface area contributed by atoms with E-state index in [9.17, 15) is 9.59 Å². The molecule has 0 unspecified atom stereocenters. The zero-order valence-electron chi connectivity index (χ0n) is 10.8. The van der Waals surface area contributed by atoms with Gasteiger partial charge in [-0.25, -0.2) is 4.79 Å². The van der Waals surface area contributed by atoms with Gasteiger partial charge in [0.2, 0.25) is 5.91 Å². The van der Waals surface area contributed by atoms with Gasteiger partial charge in [0, 0.05) is 19.1 Å². The van der Waals surface area contributed by atoms with Gasteiger partial charge in [-0.05, 0) is 33.6 Å². The lowest BCUT2D eigenvalue weighted by atomic mass is 10.1. The largest absolute Gasteiger partial charge is 0.495 e. The number of hydrogen-bond acceptors (Lipinski definition) is 4. The van der Waals surface area contributed by atoms with E-state index in [2.05, 4.69) is 26.0 Å². The predicted octanol–water partition coefficient (Wildman–Crippen LogP) is 2.60. The Morgan fingerprint density at radius 1 is 1.32 bits per heavy atom. The normalized spacial score (nSPS) is 10.3. The number of rotatable bonds is 4. The van der Waals surface area contributed by atoms with Gasteiger partial charge in [-0.3, -0.25) is 4.79 Å². The molecule has 102 valence electrons. The molecular weight excluding hydrogens is 314 g/mol. The summed E-state index contributed by atoms with van der Waals surface area (Å²) in [5.41, 5.74) is 1.21. The molecule has 1 rings (SSSR count). The van der Waals surface area contributed by atoms with Crippen molar-refractivity contribution >= 4 is 39.6 Å². The van der Waals surface area contributed by atoms with Gasteiger partial charge in [-0.1, -0.05) is 0 Å². The first-order chi connectivity index (χ1) is 8.97. The van der Waals surface area contributed by atoms with E-state index < -0.39 is 5.97 Å². The zero-order chi connectivity index (χ0) is 14.4. The van der Waals surface area contributed by atoms with Crippen molar-refractivity contribution in [1.29, 1.82) is 0 Å². The van der Waals surface area contributed by atoms with Crippen LogP contribution in [-0.4, -0.2) is 26.1 Å². The molecule has 1 N–H and O–H groups in total. The SMILES string of the molecule is COC(=O)/C=C/c1cc(Br)c(OC)cc1NC(C)=O. The lowest BCUT2D eigenvalue weighted by Crippen LogP contribution is -2.07. The van der Waals surface area contributed by atoms with E-state index >= 15 is 0 Å². The molecule has 1 amide bonds. The minimum Gasteiger partial charge on any atom is -0.495 e. The topological polar surface area (TPSA) is 64.6 Å². The van der Waals surface area contributed by atoms with Crippen LogP contribution in [0.3, 0.4) is 0 Å². The van der Waals surface area contributed by atoms with E-state index in [0.29, 0.717) is 21.5 Å². The number of benzene rings is 1. The molecule has 6 heteroatoms. The Kier molecular flexibility index (Phi) is 5.57. The van der Waals surface area contributed by atoms with Crippen molar-refractivity contribution in [2.45, 2.75) is 6.92 Å².